The molecule has 0 saturated carbocycles. The molecule has 0 radical (unpaired) electrons. The number of ether oxygens (including phenoxy) is 3. The zero-order valence-electron chi connectivity index (χ0n) is 18.3. The van der Waals surface area contributed by atoms with Gasteiger partial charge in [-0.2, -0.15) is 0 Å². The standard InChI is InChI=1S/C25H27NO4S/c1-16-7-5-8-20(17(16)2)30-15-24(27)26-11-10-18-13-21(28-3)22(29-4)14-19(18)25(26)23-9-6-12-31-23/h5-9,12-14,25H,10-11,15H2,1-4H3. The third-order valence-corrected chi connectivity index (χ3v) is 6.84. The molecule has 0 bridgehead atoms. The summed E-state index contributed by atoms with van der Waals surface area (Å²) in [5.41, 5.74) is 4.46. The number of rotatable bonds is 6. The lowest BCUT2D eigenvalue weighted by Gasteiger charge is -2.37. The molecule has 0 saturated heterocycles. The van der Waals surface area contributed by atoms with Gasteiger partial charge in [-0.15, -0.1) is 11.3 Å². The van der Waals surface area contributed by atoms with Crippen LogP contribution in [-0.4, -0.2) is 38.2 Å². The first-order chi connectivity index (χ1) is 15.0. The van der Waals surface area contributed by atoms with Gasteiger partial charge in [-0.25, -0.2) is 0 Å². The van der Waals surface area contributed by atoms with E-state index in [4.69, 9.17) is 14.2 Å². The van der Waals surface area contributed by atoms with Crippen LogP contribution >= 0.6 is 11.3 Å². The van der Waals surface area contributed by atoms with Crippen molar-refractivity contribution >= 4 is 17.2 Å². The third kappa shape index (κ3) is 4.12. The second-order valence-corrected chi connectivity index (χ2v) is 8.63. The molecule has 5 nitrogen and oxygen atoms in total. The molecule has 0 spiro atoms. The molecule has 0 aliphatic carbocycles. The largest absolute Gasteiger partial charge is 0.493 e. The van der Waals surface area contributed by atoms with Crippen LogP contribution in [0.3, 0.4) is 0 Å². The van der Waals surface area contributed by atoms with Gasteiger partial charge in [0.15, 0.2) is 18.1 Å². The van der Waals surface area contributed by atoms with Gasteiger partial charge in [-0.3, -0.25) is 4.79 Å². The Kier molecular flexibility index (Phi) is 6.18. The SMILES string of the molecule is COc1cc2c(cc1OC)C(c1cccs1)N(C(=O)COc1cccc(C)c1C)CC2. The molecule has 1 unspecified atom stereocenters. The average molecular weight is 438 g/mol. The number of thiophene rings is 1. The van der Waals surface area contributed by atoms with Crippen LogP contribution in [0.2, 0.25) is 0 Å². The number of carbonyl (C=O) groups is 1. The predicted molar refractivity (Wildman–Crippen MR) is 123 cm³/mol. The first-order valence-electron chi connectivity index (χ1n) is 10.3. The smallest absolute Gasteiger partial charge is 0.261 e. The molecule has 0 fully saturated rings. The molecule has 1 atom stereocenters. The fourth-order valence-corrected chi connectivity index (χ4v) is 4.93. The number of hydrogen-bond acceptors (Lipinski definition) is 5. The van der Waals surface area contributed by atoms with Crippen LogP contribution in [0.5, 0.6) is 17.2 Å². The number of methoxy groups -OCH3 is 2. The topological polar surface area (TPSA) is 48.0 Å². The van der Waals surface area contributed by atoms with Gasteiger partial charge in [-0.05, 0) is 72.2 Å². The van der Waals surface area contributed by atoms with Crippen LogP contribution in [0.1, 0.15) is 33.2 Å². The fraction of sp³-hybridized carbons (Fsp3) is 0.320. The maximum Gasteiger partial charge on any atom is 0.261 e. The summed E-state index contributed by atoms with van der Waals surface area (Å²) < 4.78 is 17.0. The summed E-state index contributed by atoms with van der Waals surface area (Å²) in [6.07, 6.45) is 0.757. The van der Waals surface area contributed by atoms with Crippen molar-refractivity contribution in [3.8, 4) is 17.2 Å². The molecular formula is C25H27NO4S. The number of hydrogen-bond donors (Lipinski definition) is 0. The Balaban J connectivity index is 1.65. The van der Waals surface area contributed by atoms with Crippen molar-refractivity contribution in [1.29, 1.82) is 0 Å². The van der Waals surface area contributed by atoms with E-state index in [2.05, 4.69) is 6.07 Å². The van der Waals surface area contributed by atoms with E-state index in [1.165, 1.54) is 5.56 Å². The van der Waals surface area contributed by atoms with Gasteiger partial charge in [-0.1, -0.05) is 18.2 Å². The average Bonchev–Trinajstić information content (AvgIpc) is 3.32. The van der Waals surface area contributed by atoms with E-state index in [0.717, 1.165) is 33.7 Å². The molecule has 162 valence electrons. The van der Waals surface area contributed by atoms with Crippen molar-refractivity contribution in [3.05, 3.63) is 75.0 Å². The van der Waals surface area contributed by atoms with Crippen LogP contribution in [0.25, 0.3) is 0 Å². The second-order valence-electron chi connectivity index (χ2n) is 7.65. The van der Waals surface area contributed by atoms with E-state index in [0.29, 0.717) is 18.0 Å². The molecule has 1 aromatic heterocycles. The number of aryl methyl sites for hydroxylation is 1. The van der Waals surface area contributed by atoms with Gasteiger partial charge >= 0.3 is 0 Å². The van der Waals surface area contributed by atoms with Gasteiger partial charge in [0, 0.05) is 11.4 Å². The lowest BCUT2D eigenvalue weighted by Crippen LogP contribution is -2.42. The molecule has 1 amide bonds. The number of benzene rings is 2. The summed E-state index contributed by atoms with van der Waals surface area (Å²) in [4.78, 5) is 16.4. The molecule has 6 heteroatoms. The molecule has 4 rings (SSSR count). The van der Waals surface area contributed by atoms with E-state index in [1.807, 2.05) is 60.5 Å². The number of carbonyl (C=O) groups excluding carboxylic acids is 1. The van der Waals surface area contributed by atoms with Crippen LogP contribution < -0.4 is 14.2 Å². The van der Waals surface area contributed by atoms with Crippen molar-refractivity contribution in [2.75, 3.05) is 27.4 Å². The van der Waals surface area contributed by atoms with Gasteiger partial charge in [0.2, 0.25) is 0 Å². The third-order valence-electron chi connectivity index (χ3n) is 5.91. The fourth-order valence-electron chi connectivity index (χ4n) is 4.07. The molecule has 2 heterocycles. The van der Waals surface area contributed by atoms with E-state index in [9.17, 15) is 4.79 Å². The lowest BCUT2D eigenvalue weighted by molar-refractivity contribution is -0.135. The molecule has 1 aliphatic heterocycles. The summed E-state index contributed by atoms with van der Waals surface area (Å²) in [5, 5.41) is 2.04. The zero-order chi connectivity index (χ0) is 22.0. The van der Waals surface area contributed by atoms with Crippen molar-refractivity contribution in [3.63, 3.8) is 0 Å². The van der Waals surface area contributed by atoms with Gasteiger partial charge in [0.05, 0.1) is 20.3 Å². The number of fused-ring (bicyclic) bond motifs is 1. The van der Waals surface area contributed by atoms with Crippen LogP contribution in [0.4, 0.5) is 0 Å². The molecule has 2 aromatic carbocycles. The van der Waals surface area contributed by atoms with Crippen molar-refractivity contribution < 1.29 is 19.0 Å². The summed E-state index contributed by atoms with van der Waals surface area (Å²) in [5.74, 6) is 2.11. The summed E-state index contributed by atoms with van der Waals surface area (Å²) >= 11 is 1.65. The van der Waals surface area contributed by atoms with E-state index < -0.39 is 0 Å². The molecule has 1 aliphatic rings. The van der Waals surface area contributed by atoms with Crippen molar-refractivity contribution in [1.82, 2.24) is 4.90 Å². The Morgan fingerprint density at radius 1 is 1.06 bits per heavy atom. The van der Waals surface area contributed by atoms with Gasteiger partial charge in [0.25, 0.3) is 5.91 Å². The Morgan fingerprint density at radius 3 is 2.55 bits per heavy atom. The molecular weight excluding hydrogens is 410 g/mol. The maximum absolute atomic E-state index is 13.3. The van der Waals surface area contributed by atoms with Gasteiger partial charge < -0.3 is 19.1 Å². The lowest BCUT2D eigenvalue weighted by atomic mass is 9.90. The number of amides is 1. The second kappa shape index (κ2) is 9.02. The molecule has 3 aromatic rings. The minimum atomic E-state index is -0.168. The quantitative estimate of drug-likeness (QED) is 0.548. The molecule has 31 heavy (non-hydrogen) atoms. The first-order valence-corrected chi connectivity index (χ1v) is 11.2. The first kappa shape index (κ1) is 21.2. The highest BCUT2D eigenvalue weighted by Gasteiger charge is 2.34. The van der Waals surface area contributed by atoms with E-state index in [1.54, 1.807) is 25.6 Å². The Hall–Kier alpha value is -2.99. The van der Waals surface area contributed by atoms with Crippen LogP contribution in [0.15, 0.2) is 47.8 Å². The highest BCUT2D eigenvalue weighted by Crippen LogP contribution is 2.42. The van der Waals surface area contributed by atoms with Gasteiger partial charge in [0.1, 0.15) is 5.75 Å². The Morgan fingerprint density at radius 2 is 1.84 bits per heavy atom. The minimum absolute atomic E-state index is 0.00872. The van der Waals surface area contributed by atoms with Crippen molar-refractivity contribution in [2.45, 2.75) is 26.3 Å². The minimum Gasteiger partial charge on any atom is -0.493 e. The monoisotopic (exact) mass is 437 g/mol. The number of nitrogens with zero attached hydrogens (tertiary/aromatic N) is 1. The van der Waals surface area contributed by atoms with E-state index in [-0.39, 0.29) is 18.6 Å². The van der Waals surface area contributed by atoms with Crippen LogP contribution in [-0.2, 0) is 11.2 Å². The van der Waals surface area contributed by atoms with E-state index >= 15 is 0 Å². The van der Waals surface area contributed by atoms with Crippen LogP contribution in [0, 0.1) is 13.8 Å². The highest BCUT2D eigenvalue weighted by molar-refractivity contribution is 7.10. The predicted octanol–water partition coefficient (Wildman–Crippen LogP) is 4.94. The van der Waals surface area contributed by atoms with Crippen molar-refractivity contribution in [2.24, 2.45) is 0 Å². The Bertz CT molecular complexity index is 1080. The summed E-state index contributed by atoms with van der Waals surface area (Å²) in [6.45, 7) is 4.69. The zero-order valence-corrected chi connectivity index (χ0v) is 19.1. The maximum atomic E-state index is 13.3. The summed E-state index contributed by atoms with van der Waals surface area (Å²) in [6, 6.07) is 13.9. The summed E-state index contributed by atoms with van der Waals surface area (Å²) in [7, 11) is 3.28. The Labute approximate surface area is 187 Å². The highest BCUT2D eigenvalue weighted by atomic mass is 32.1. The molecule has 0 N–H and O–H groups in total. The normalized spacial score (nSPS) is 15.4.